The molecule has 3 nitrogen and oxygen atoms in total. The van der Waals surface area contributed by atoms with Crippen LogP contribution in [0.4, 0.5) is 0 Å². The molecular formula is C48H35N3. The lowest BCUT2D eigenvalue weighted by atomic mass is 9.84. The number of amidine groups is 2. The van der Waals surface area contributed by atoms with Gasteiger partial charge in [0.25, 0.3) is 0 Å². The van der Waals surface area contributed by atoms with Gasteiger partial charge in [-0.3, -0.25) is 0 Å². The molecule has 1 heterocycles. The fourth-order valence-electron chi connectivity index (χ4n) is 7.53. The molecule has 51 heavy (non-hydrogen) atoms. The van der Waals surface area contributed by atoms with E-state index in [0.29, 0.717) is 0 Å². The van der Waals surface area contributed by atoms with Gasteiger partial charge in [-0.25, -0.2) is 9.98 Å². The van der Waals surface area contributed by atoms with Gasteiger partial charge in [0.1, 0.15) is 12.0 Å². The zero-order valence-corrected chi connectivity index (χ0v) is 28.3. The quantitative estimate of drug-likeness (QED) is 0.164. The summed E-state index contributed by atoms with van der Waals surface area (Å²) in [6, 6.07) is 66.9. The normalized spacial score (nSPS) is 14.4. The molecule has 1 aliphatic rings. The Kier molecular flexibility index (Phi) is 7.79. The Bertz CT molecular complexity index is 2510. The van der Waals surface area contributed by atoms with E-state index in [2.05, 4.69) is 176 Å². The van der Waals surface area contributed by atoms with Crippen LogP contribution in [0.3, 0.4) is 0 Å². The lowest BCUT2D eigenvalue weighted by molar-refractivity contribution is 0.383. The van der Waals surface area contributed by atoms with E-state index in [4.69, 9.17) is 9.98 Å². The van der Waals surface area contributed by atoms with Gasteiger partial charge in [-0.2, -0.15) is 0 Å². The number of nitrogens with zero attached hydrogens (tertiary/aromatic N) is 3. The first-order valence-corrected chi connectivity index (χ1v) is 17.4. The second-order valence-electron chi connectivity index (χ2n) is 13.0. The molecule has 0 N–H and O–H groups in total. The van der Waals surface area contributed by atoms with Crippen LogP contribution in [-0.2, 0) is 0 Å². The highest BCUT2D eigenvalue weighted by Crippen LogP contribution is 2.46. The zero-order valence-electron chi connectivity index (χ0n) is 28.3. The van der Waals surface area contributed by atoms with Crippen LogP contribution in [0.2, 0.25) is 0 Å². The van der Waals surface area contributed by atoms with E-state index in [-0.39, 0.29) is 6.17 Å². The van der Waals surface area contributed by atoms with Gasteiger partial charge in [0.05, 0.1) is 0 Å². The summed E-state index contributed by atoms with van der Waals surface area (Å²) in [6.07, 6.45) is -0.229. The van der Waals surface area contributed by atoms with Gasteiger partial charge in [0.2, 0.25) is 0 Å². The van der Waals surface area contributed by atoms with E-state index in [1.54, 1.807) is 0 Å². The Hall–Kier alpha value is -6.58. The van der Waals surface area contributed by atoms with E-state index in [1.165, 1.54) is 54.9 Å². The molecule has 0 saturated heterocycles. The molecule has 8 aromatic rings. The predicted octanol–water partition coefficient (Wildman–Crippen LogP) is 11.8. The topological polar surface area (TPSA) is 28.0 Å². The van der Waals surface area contributed by atoms with Crippen LogP contribution in [0.5, 0.6) is 0 Å². The molecule has 1 aliphatic heterocycles. The Morgan fingerprint density at radius 2 is 0.843 bits per heavy atom. The van der Waals surface area contributed by atoms with Gasteiger partial charge in [-0.15, -0.1) is 0 Å². The van der Waals surface area contributed by atoms with Crippen LogP contribution in [0, 0.1) is 0 Å². The van der Waals surface area contributed by atoms with E-state index < -0.39 is 0 Å². The van der Waals surface area contributed by atoms with Crippen molar-refractivity contribution >= 4 is 33.2 Å². The van der Waals surface area contributed by atoms with Crippen molar-refractivity contribution in [3.8, 4) is 33.4 Å². The summed E-state index contributed by atoms with van der Waals surface area (Å²) in [6.45, 7) is 0. The number of rotatable bonds is 6. The maximum Gasteiger partial charge on any atom is 0.159 e. The van der Waals surface area contributed by atoms with Crippen LogP contribution >= 0.6 is 0 Å². The molecule has 0 spiro atoms. The summed E-state index contributed by atoms with van der Waals surface area (Å²) in [5.41, 5.74) is 10.6. The molecule has 242 valence electrons. The summed E-state index contributed by atoms with van der Waals surface area (Å²) in [7, 11) is 2.09. The maximum absolute atomic E-state index is 5.21. The van der Waals surface area contributed by atoms with Crippen LogP contribution in [0.25, 0.3) is 54.9 Å². The van der Waals surface area contributed by atoms with Gasteiger partial charge in [0.15, 0.2) is 5.84 Å². The van der Waals surface area contributed by atoms with Crippen molar-refractivity contribution in [2.45, 2.75) is 6.17 Å². The summed E-state index contributed by atoms with van der Waals surface area (Å²) in [5.74, 6) is 1.65. The number of hydrogen-bond acceptors (Lipinski definition) is 3. The van der Waals surface area contributed by atoms with Gasteiger partial charge in [-0.05, 0) is 60.5 Å². The van der Waals surface area contributed by atoms with Gasteiger partial charge in [-0.1, -0.05) is 188 Å². The number of fused-ring (bicyclic) bond motifs is 2. The van der Waals surface area contributed by atoms with Crippen LogP contribution in [0.1, 0.15) is 22.9 Å². The predicted molar refractivity (Wildman–Crippen MR) is 214 cm³/mol. The van der Waals surface area contributed by atoms with Crippen LogP contribution < -0.4 is 0 Å². The smallest absolute Gasteiger partial charge is 0.159 e. The Morgan fingerprint density at radius 3 is 1.41 bits per heavy atom. The zero-order chi connectivity index (χ0) is 34.1. The molecule has 0 amide bonds. The van der Waals surface area contributed by atoms with Crippen molar-refractivity contribution in [1.29, 1.82) is 0 Å². The highest BCUT2D eigenvalue weighted by Gasteiger charge is 2.27. The summed E-state index contributed by atoms with van der Waals surface area (Å²) in [4.78, 5) is 12.5. The molecule has 0 saturated carbocycles. The van der Waals surface area contributed by atoms with Crippen molar-refractivity contribution < 1.29 is 0 Å². The molecule has 1 atom stereocenters. The molecule has 0 bridgehead atoms. The van der Waals surface area contributed by atoms with Gasteiger partial charge < -0.3 is 4.90 Å². The Balaban J connectivity index is 1.19. The minimum Gasteiger partial charge on any atom is -0.333 e. The standard InChI is InChI=1S/C48H35N3/c1-51-47(36-21-9-4-10-22-36)49-46(35-19-7-3-8-20-35)50-48(51)37-31-29-34(30-32-37)44-40-25-13-15-27-42(40)45(43-28-16-14-26-41(43)44)39-24-12-11-23-38(39)33-17-5-2-6-18-33/h2-32,48H,1H3. The fraction of sp³-hybridized carbons (Fsp3) is 0.0417. The Labute approximate surface area is 298 Å². The molecule has 3 heteroatoms. The molecule has 9 rings (SSSR count). The minimum absolute atomic E-state index is 0.229. The molecular weight excluding hydrogens is 619 g/mol. The van der Waals surface area contributed by atoms with Crippen LogP contribution in [0.15, 0.2) is 198 Å². The number of benzene rings is 8. The third-order valence-corrected chi connectivity index (χ3v) is 9.93. The molecule has 0 aromatic heterocycles. The van der Waals surface area contributed by atoms with E-state index >= 15 is 0 Å². The second kappa shape index (κ2) is 13.0. The number of hydrogen-bond donors (Lipinski definition) is 0. The summed E-state index contributed by atoms with van der Waals surface area (Å²) in [5, 5.41) is 4.96. The van der Waals surface area contributed by atoms with Crippen molar-refractivity contribution in [1.82, 2.24) is 4.90 Å². The molecule has 0 fully saturated rings. The highest BCUT2D eigenvalue weighted by molar-refractivity contribution is 6.22. The molecule has 1 unspecified atom stereocenters. The van der Waals surface area contributed by atoms with E-state index in [9.17, 15) is 0 Å². The van der Waals surface area contributed by atoms with Crippen molar-refractivity contribution in [2.24, 2.45) is 9.98 Å². The van der Waals surface area contributed by atoms with Gasteiger partial charge >= 0.3 is 0 Å². The first kappa shape index (κ1) is 30.5. The number of aliphatic imine (C=N–C) groups is 2. The fourth-order valence-corrected chi connectivity index (χ4v) is 7.53. The van der Waals surface area contributed by atoms with Crippen molar-refractivity contribution in [2.75, 3.05) is 7.05 Å². The third kappa shape index (κ3) is 5.50. The second-order valence-corrected chi connectivity index (χ2v) is 13.0. The first-order chi connectivity index (χ1) is 25.2. The SMILES string of the molecule is CN1C(c2ccccc2)=NC(c2ccccc2)=NC1c1ccc(-c2c3ccccc3c(-c3ccccc3-c3ccccc3)c3ccccc23)cc1. The lowest BCUT2D eigenvalue weighted by Gasteiger charge is -2.32. The minimum atomic E-state index is -0.229. The monoisotopic (exact) mass is 653 g/mol. The first-order valence-electron chi connectivity index (χ1n) is 17.4. The Morgan fingerprint density at radius 1 is 0.392 bits per heavy atom. The highest BCUT2D eigenvalue weighted by atomic mass is 15.3. The lowest BCUT2D eigenvalue weighted by Crippen LogP contribution is -2.35. The van der Waals surface area contributed by atoms with Crippen molar-refractivity contribution in [3.63, 3.8) is 0 Å². The summed E-state index contributed by atoms with van der Waals surface area (Å²) < 4.78 is 0. The largest absolute Gasteiger partial charge is 0.333 e. The molecule has 0 aliphatic carbocycles. The maximum atomic E-state index is 5.21. The van der Waals surface area contributed by atoms with E-state index in [0.717, 1.165) is 28.4 Å². The molecule has 0 radical (unpaired) electrons. The molecule has 8 aromatic carbocycles. The average Bonchev–Trinajstić information content (AvgIpc) is 3.21. The third-order valence-electron chi connectivity index (χ3n) is 9.93. The van der Waals surface area contributed by atoms with Gasteiger partial charge in [0, 0.05) is 18.2 Å². The van der Waals surface area contributed by atoms with Crippen molar-refractivity contribution in [3.05, 3.63) is 205 Å². The van der Waals surface area contributed by atoms with Crippen LogP contribution in [-0.4, -0.2) is 23.6 Å². The van der Waals surface area contributed by atoms with E-state index in [1.807, 2.05) is 24.3 Å². The summed E-state index contributed by atoms with van der Waals surface area (Å²) >= 11 is 0. The average molecular weight is 654 g/mol.